The van der Waals surface area contributed by atoms with Crippen LogP contribution in [0.4, 0.5) is 5.69 Å². The Labute approximate surface area is 157 Å². The minimum absolute atomic E-state index is 0.0654. The lowest BCUT2D eigenvalue weighted by Gasteiger charge is -2.10. The van der Waals surface area contributed by atoms with Crippen LogP contribution in [-0.2, 0) is 9.59 Å². The molecule has 7 nitrogen and oxygen atoms in total. The van der Waals surface area contributed by atoms with Gasteiger partial charge in [-0.15, -0.1) is 0 Å². The Morgan fingerprint density at radius 1 is 1.22 bits per heavy atom. The first-order chi connectivity index (χ1) is 12.9. The van der Waals surface area contributed by atoms with Crippen LogP contribution < -0.4 is 20.5 Å². The first-order valence-electron chi connectivity index (χ1n) is 8.02. The van der Waals surface area contributed by atoms with E-state index < -0.39 is 11.8 Å². The lowest BCUT2D eigenvalue weighted by molar-refractivity contribution is -0.120. The summed E-state index contributed by atoms with van der Waals surface area (Å²) < 4.78 is 10.4. The van der Waals surface area contributed by atoms with Crippen LogP contribution in [0.3, 0.4) is 0 Å². The fraction of sp³-hybridized carbons (Fsp3) is 0.150. The van der Waals surface area contributed by atoms with Crippen LogP contribution in [0.15, 0.2) is 48.0 Å². The lowest BCUT2D eigenvalue weighted by Crippen LogP contribution is -2.19. The summed E-state index contributed by atoms with van der Waals surface area (Å²) in [4.78, 5) is 23.2. The first kappa shape index (κ1) is 19.5. The third kappa shape index (κ3) is 5.61. The Hall–Kier alpha value is -3.79. The van der Waals surface area contributed by atoms with E-state index in [0.717, 1.165) is 5.56 Å². The van der Waals surface area contributed by atoms with Gasteiger partial charge in [-0.2, -0.15) is 5.26 Å². The van der Waals surface area contributed by atoms with Crippen molar-refractivity contribution in [1.29, 1.82) is 5.26 Å². The largest absolute Gasteiger partial charge is 0.495 e. The molecule has 0 saturated heterocycles. The fourth-order valence-electron chi connectivity index (χ4n) is 2.24. The van der Waals surface area contributed by atoms with Crippen LogP contribution in [-0.4, -0.2) is 25.5 Å². The predicted molar refractivity (Wildman–Crippen MR) is 101 cm³/mol. The van der Waals surface area contributed by atoms with Crippen molar-refractivity contribution in [3.8, 4) is 17.6 Å². The molecule has 0 aromatic heterocycles. The highest BCUT2D eigenvalue weighted by Gasteiger charge is 2.12. The molecule has 0 unspecified atom stereocenters. The second-order valence-corrected chi connectivity index (χ2v) is 5.65. The van der Waals surface area contributed by atoms with Crippen LogP contribution in [0, 0.1) is 18.3 Å². The number of nitrogens with one attached hydrogen (secondary N) is 1. The second kappa shape index (κ2) is 9.06. The third-order valence-corrected chi connectivity index (χ3v) is 3.54. The number of carbonyl (C=O) groups excluding carboxylic acids is 2. The zero-order chi connectivity index (χ0) is 19.8. The number of primary amides is 1. The second-order valence-electron chi connectivity index (χ2n) is 5.65. The Morgan fingerprint density at radius 2 is 1.93 bits per heavy atom. The number of anilines is 1. The number of hydrogen-bond acceptors (Lipinski definition) is 5. The van der Waals surface area contributed by atoms with Gasteiger partial charge in [0.1, 0.15) is 23.1 Å². The van der Waals surface area contributed by atoms with Gasteiger partial charge in [-0.25, -0.2) is 0 Å². The predicted octanol–water partition coefficient (Wildman–Crippen LogP) is 2.41. The molecule has 0 aliphatic carbocycles. The Morgan fingerprint density at radius 3 is 2.52 bits per heavy atom. The number of methoxy groups -OCH3 is 1. The summed E-state index contributed by atoms with van der Waals surface area (Å²) in [6.07, 6.45) is 1.45. The van der Waals surface area contributed by atoms with Gasteiger partial charge in [0.05, 0.1) is 12.8 Å². The molecule has 0 spiro atoms. The van der Waals surface area contributed by atoms with Crippen molar-refractivity contribution >= 4 is 23.6 Å². The summed E-state index contributed by atoms with van der Waals surface area (Å²) in [7, 11) is 1.50. The van der Waals surface area contributed by atoms with Crippen molar-refractivity contribution in [3.63, 3.8) is 0 Å². The summed E-state index contributed by atoms with van der Waals surface area (Å²) in [6, 6.07) is 13.8. The average molecular weight is 365 g/mol. The topological polar surface area (TPSA) is 114 Å². The van der Waals surface area contributed by atoms with Crippen molar-refractivity contribution in [2.45, 2.75) is 6.92 Å². The van der Waals surface area contributed by atoms with Gasteiger partial charge in [0, 0.05) is 0 Å². The van der Waals surface area contributed by atoms with Crippen molar-refractivity contribution < 1.29 is 19.1 Å². The molecular formula is C20H19N3O4. The molecule has 2 rings (SSSR count). The van der Waals surface area contributed by atoms with Crippen LogP contribution in [0.25, 0.3) is 6.08 Å². The van der Waals surface area contributed by atoms with Gasteiger partial charge < -0.3 is 20.5 Å². The summed E-state index contributed by atoms with van der Waals surface area (Å²) in [5.74, 6) is -0.162. The van der Waals surface area contributed by atoms with Gasteiger partial charge in [0.15, 0.2) is 6.61 Å². The molecule has 0 radical (unpaired) electrons. The molecule has 2 aromatic carbocycles. The average Bonchev–Trinajstić information content (AvgIpc) is 2.65. The molecule has 2 aromatic rings. The zero-order valence-electron chi connectivity index (χ0n) is 15.0. The highest BCUT2D eigenvalue weighted by molar-refractivity contribution is 6.10. The molecule has 0 atom stereocenters. The lowest BCUT2D eigenvalue weighted by atomic mass is 10.1. The summed E-state index contributed by atoms with van der Waals surface area (Å²) in [5, 5.41) is 12.0. The third-order valence-electron chi connectivity index (χ3n) is 3.54. The van der Waals surface area contributed by atoms with Crippen molar-refractivity contribution in [3.05, 3.63) is 59.2 Å². The van der Waals surface area contributed by atoms with E-state index in [-0.39, 0.29) is 12.2 Å². The number of nitrogens with zero attached hydrogens (tertiary/aromatic N) is 1. The molecular weight excluding hydrogens is 346 g/mol. The highest BCUT2D eigenvalue weighted by Crippen LogP contribution is 2.26. The SMILES string of the molecule is COc1ccc(C)cc1NC(=O)/C(C#N)=C/c1ccc(OCC(N)=O)cc1. The number of benzene rings is 2. The highest BCUT2D eigenvalue weighted by atomic mass is 16.5. The summed E-state index contributed by atoms with van der Waals surface area (Å²) >= 11 is 0. The van der Waals surface area contributed by atoms with Gasteiger partial charge >= 0.3 is 0 Å². The van der Waals surface area contributed by atoms with E-state index in [9.17, 15) is 14.9 Å². The number of aryl methyl sites for hydroxylation is 1. The fourth-order valence-corrected chi connectivity index (χ4v) is 2.24. The van der Waals surface area contributed by atoms with Gasteiger partial charge in [0.25, 0.3) is 11.8 Å². The van der Waals surface area contributed by atoms with E-state index in [1.807, 2.05) is 19.1 Å². The van der Waals surface area contributed by atoms with Gasteiger partial charge in [-0.1, -0.05) is 18.2 Å². The molecule has 0 aliphatic heterocycles. The Kier molecular flexibility index (Phi) is 6.55. The number of rotatable bonds is 7. The number of hydrogen-bond donors (Lipinski definition) is 2. The maximum Gasteiger partial charge on any atom is 0.266 e. The minimum Gasteiger partial charge on any atom is -0.495 e. The van der Waals surface area contributed by atoms with Gasteiger partial charge in [-0.3, -0.25) is 9.59 Å². The number of nitriles is 1. The summed E-state index contributed by atoms with van der Waals surface area (Å²) in [6.45, 7) is 1.66. The first-order valence-corrected chi connectivity index (χ1v) is 8.02. The molecule has 0 aliphatic rings. The van der Waals surface area contributed by atoms with Crippen molar-refractivity contribution in [2.24, 2.45) is 5.73 Å². The molecule has 27 heavy (non-hydrogen) atoms. The smallest absolute Gasteiger partial charge is 0.266 e. The van der Waals surface area contributed by atoms with Crippen LogP contribution in [0.1, 0.15) is 11.1 Å². The van der Waals surface area contributed by atoms with Crippen LogP contribution >= 0.6 is 0 Å². The van der Waals surface area contributed by atoms with Crippen LogP contribution in [0.2, 0.25) is 0 Å². The molecule has 7 heteroatoms. The minimum atomic E-state index is -0.575. The number of amides is 2. The molecule has 2 amide bonds. The number of nitrogens with two attached hydrogens (primary N) is 1. The summed E-state index contributed by atoms with van der Waals surface area (Å²) in [5.41, 5.74) is 7.01. The quantitative estimate of drug-likeness (QED) is 0.578. The van der Waals surface area contributed by atoms with Gasteiger partial charge in [-0.05, 0) is 48.4 Å². The number of ether oxygens (including phenoxy) is 2. The molecule has 0 saturated carbocycles. The van der Waals surface area contributed by atoms with E-state index in [4.69, 9.17) is 15.2 Å². The van der Waals surface area contributed by atoms with Crippen molar-refractivity contribution in [2.75, 3.05) is 19.0 Å². The Bertz CT molecular complexity index is 912. The van der Waals surface area contributed by atoms with E-state index in [2.05, 4.69) is 5.32 Å². The van der Waals surface area contributed by atoms with Crippen molar-refractivity contribution in [1.82, 2.24) is 0 Å². The molecule has 3 N–H and O–H groups in total. The molecule has 138 valence electrons. The zero-order valence-corrected chi connectivity index (χ0v) is 15.0. The standard InChI is InChI=1S/C20H19N3O4/c1-13-3-8-18(26-2)17(9-13)23-20(25)15(11-21)10-14-4-6-16(7-5-14)27-12-19(22)24/h3-10H,12H2,1-2H3,(H2,22,24)(H,23,25)/b15-10+. The van der Waals surface area contributed by atoms with E-state index in [1.54, 1.807) is 36.4 Å². The maximum absolute atomic E-state index is 12.4. The van der Waals surface area contributed by atoms with E-state index in [1.165, 1.54) is 13.2 Å². The van der Waals surface area contributed by atoms with Crippen LogP contribution in [0.5, 0.6) is 11.5 Å². The normalized spacial score (nSPS) is 10.6. The number of carbonyl (C=O) groups is 2. The van der Waals surface area contributed by atoms with E-state index >= 15 is 0 Å². The Balaban J connectivity index is 2.16. The monoisotopic (exact) mass is 365 g/mol. The van der Waals surface area contributed by atoms with E-state index in [0.29, 0.717) is 22.7 Å². The maximum atomic E-state index is 12.4. The van der Waals surface area contributed by atoms with Gasteiger partial charge in [0.2, 0.25) is 0 Å². The molecule has 0 fully saturated rings. The molecule has 0 bridgehead atoms. The molecule has 0 heterocycles.